The highest BCUT2D eigenvalue weighted by molar-refractivity contribution is 5.85. The molecule has 1 aliphatic rings. The molecule has 0 bridgehead atoms. The van der Waals surface area contributed by atoms with Gasteiger partial charge in [-0.2, -0.15) is 10.2 Å². The summed E-state index contributed by atoms with van der Waals surface area (Å²) in [7, 11) is 0. The molecule has 2 aromatic carbocycles. The van der Waals surface area contributed by atoms with Crippen molar-refractivity contribution in [2.24, 2.45) is 10.2 Å². The summed E-state index contributed by atoms with van der Waals surface area (Å²) in [5, 5.41) is 15.6. The molecule has 6 heteroatoms. The van der Waals surface area contributed by atoms with Crippen LogP contribution >= 0.6 is 0 Å². The second-order valence-electron chi connectivity index (χ2n) is 7.25. The van der Waals surface area contributed by atoms with Crippen LogP contribution in [0.4, 0.5) is 0 Å². The first-order valence-corrected chi connectivity index (χ1v) is 10.1. The van der Waals surface area contributed by atoms with Crippen LogP contribution in [0, 0.1) is 0 Å². The van der Waals surface area contributed by atoms with Crippen molar-refractivity contribution in [1.29, 1.82) is 0 Å². The Bertz CT molecular complexity index is 1130. The summed E-state index contributed by atoms with van der Waals surface area (Å²) in [6.45, 7) is 3.30. The first-order chi connectivity index (χ1) is 14.8. The van der Waals surface area contributed by atoms with Crippen LogP contribution in [-0.2, 0) is 0 Å². The van der Waals surface area contributed by atoms with E-state index in [0.717, 1.165) is 59.4 Å². The smallest absolute Gasteiger partial charge is 0.0837 e. The minimum Gasteiger partial charge on any atom is -0.293 e. The maximum absolute atomic E-state index is 4.64. The molecule has 0 unspecified atom stereocenters. The molecule has 0 atom stereocenters. The van der Waals surface area contributed by atoms with Gasteiger partial charge in [-0.05, 0) is 24.3 Å². The van der Waals surface area contributed by atoms with Crippen molar-refractivity contribution in [2.75, 3.05) is 26.2 Å². The highest BCUT2D eigenvalue weighted by atomic mass is 15.5. The van der Waals surface area contributed by atoms with Crippen LogP contribution in [0.1, 0.15) is 11.4 Å². The van der Waals surface area contributed by atoms with E-state index in [9.17, 15) is 0 Å². The Morgan fingerprint density at radius 2 is 1.00 bits per heavy atom. The summed E-state index contributed by atoms with van der Waals surface area (Å²) in [6, 6.07) is 24.4. The van der Waals surface area contributed by atoms with E-state index < -0.39 is 0 Å². The number of para-hydroxylation sites is 2. The van der Waals surface area contributed by atoms with Gasteiger partial charge in [-0.25, -0.2) is 9.97 Å². The number of benzene rings is 2. The number of piperazine rings is 1. The molecule has 0 aliphatic carbocycles. The first kappa shape index (κ1) is 18.2. The van der Waals surface area contributed by atoms with E-state index in [4.69, 9.17) is 0 Å². The molecule has 0 spiro atoms. The lowest BCUT2D eigenvalue weighted by Gasteiger charge is -2.31. The van der Waals surface area contributed by atoms with Gasteiger partial charge in [0.1, 0.15) is 0 Å². The number of hydrazone groups is 2. The number of pyridine rings is 2. The fourth-order valence-corrected chi connectivity index (χ4v) is 3.51. The molecule has 1 aliphatic heterocycles. The van der Waals surface area contributed by atoms with E-state index in [1.54, 1.807) is 0 Å². The van der Waals surface area contributed by atoms with Crippen molar-refractivity contribution in [2.45, 2.75) is 0 Å². The normalized spacial score (nSPS) is 15.1. The molecule has 0 N–H and O–H groups in total. The lowest BCUT2D eigenvalue weighted by atomic mass is 10.2. The van der Waals surface area contributed by atoms with E-state index >= 15 is 0 Å². The molecule has 6 nitrogen and oxygen atoms in total. The molecule has 2 aromatic heterocycles. The van der Waals surface area contributed by atoms with Gasteiger partial charge < -0.3 is 0 Å². The van der Waals surface area contributed by atoms with Gasteiger partial charge in [0.2, 0.25) is 0 Å². The van der Waals surface area contributed by atoms with E-state index in [2.05, 4.69) is 54.5 Å². The van der Waals surface area contributed by atoms with Gasteiger partial charge in [-0.3, -0.25) is 10.0 Å². The minimum absolute atomic E-state index is 0.826. The van der Waals surface area contributed by atoms with E-state index in [0.29, 0.717) is 0 Å². The molecule has 0 amide bonds. The highest BCUT2D eigenvalue weighted by Gasteiger charge is 2.13. The Hall–Kier alpha value is -3.80. The SMILES string of the molecule is C(=N/N1CCN(/N=C/c2ccc3ccccc3n2)CC1)/c1ccc2ccccc2n1. The Morgan fingerprint density at radius 1 is 0.567 bits per heavy atom. The van der Waals surface area contributed by atoms with Crippen molar-refractivity contribution in [3.63, 3.8) is 0 Å². The summed E-state index contributed by atoms with van der Waals surface area (Å²) in [5.41, 5.74) is 3.72. The van der Waals surface area contributed by atoms with Gasteiger partial charge >= 0.3 is 0 Å². The molecule has 1 saturated heterocycles. The van der Waals surface area contributed by atoms with Gasteiger partial charge in [-0.15, -0.1) is 0 Å². The van der Waals surface area contributed by atoms with E-state index in [1.807, 2.05) is 61.0 Å². The van der Waals surface area contributed by atoms with Crippen LogP contribution in [-0.4, -0.2) is 58.6 Å². The van der Waals surface area contributed by atoms with Gasteiger partial charge in [0.25, 0.3) is 0 Å². The predicted molar refractivity (Wildman–Crippen MR) is 122 cm³/mol. The largest absolute Gasteiger partial charge is 0.293 e. The third-order valence-electron chi connectivity index (χ3n) is 5.18. The zero-order valence-corrected chi connectivity index (χ0v) is 16.6. The number of hydrogen-bond acceptors (Lipinski definition) is 6. The molecule has 1 fully saturated rings. The monoisotopic (exact) mass is 394 g/mol. The first-order valence-electron chi connectivity index (χ1n) is 10.1. The number of fused-ring (bicyclic) bond motifs is 2. The van der Waals surface area contributed by atoms with Gasteiger partial charge in [-0.1, -0.05) is 48.5 Å². The van der Waals surface area contributed by atoms with Crippen molar-refractivity contribution in [1.82, 2.24) is 20.0 Å². The number of aromatic nitrogens is 2. The Labute approximate surface area is 175 Å². The van der Waals surface area contributed by atoms with Crippen molar-refractivity contribution < 1.29 is 0 Å². The highest BCUT2D eigenvalue weighted by Crippen LogP contribution is 2.12. The summed E-state index contributed by atoms with van der Waals surface area (Å²) in [6.07, 6.45) is 3.68. The Balaban J connectivity index is 1.18. The Morgan fingerprint density at radius 3 is 1.47 bits per heavy atom. The van der Waals surface area contributed by atoms with E-state index in [1.165, 1.54) is 0 Å². The summed E-state index contributed by atoms with van der Waals surface area (Å²) >= 11 is 0. The predicted octanol–water partition coefficient (Wildman–Crippen LogP) is 3.77. The van der Waals surface area contributed by atoms with Crippen LogP contribution < -0.4 is 0 Å². The van der Waals surface area contributed by atoms with Crippen LogP contribution in [0.3, 0.4) is 0 Å². The molecule has 30 heavy (non-hydrogen) atoms. The number of rotatable bonds is 4. The topological polar surface area (TPSA) is 57.0 Å². The zero-order chi connectivity index (χ0) is 20.2. The quantitative estimate of drug-likeness (QED) is 0.495. The van der Waals surface area contributed by atoms with Crippen molar-refractivity contribution in [3.05, 3.63) is 84.2 Å². The van der Waals surface area contributed by atoms with Crippen LogP contribution in [0.2, 0.25) is 0 Å². The molecule has 3 heterocycles. The maximum atomic E-state index is 4.64. The van der Waals surface area contributed by atoms with Gasteiger partial charge in [0.15, 0.2) is 0 Å². The Kier molecular flexibility index (Phi) is 5.04. The second-order valence-corrected chi connectivity index (χ2v) is 7.25. The minimum atomic E-state index is 0.826. The molecule has 0 saturated carbocycles. The molecular formula is C24H22N6. The summed E-state index contributed by atoms with van der Waals surface area (Å²) < 4.78 is 0. The number of hydrogen-bond donors (Lipinski definition) is 0. The third kappa shape index (κ3) is 4.12. The molecular weight excluding hydrogens is 372 g/mol. The molecule has 0 radical (unpaired) electrons. The van der Waals surface area contributed by atoms with Crippen molar-refractivity contribution >= 4 is 34.2 Å². The lowest BCUT2D eigenvalue weighted by molar-refractivity contribution is 0.141. The molecule has 5 rings (SSSR count). The maximum Gasteiger partial charge on any atom is 0.0837 e. The average molecular weight is 394 g/mol. The van der Waals surface area contributed by atoms with Gasteiger partial charge in [0.05, 0.1) is 61.0 Å². The summed E-state index contributed by atoms with van der Waals surface area (Å²) in [4.78, 5) is 9.28. The van der Waals surface area contributed by atoms with Crippen LogP contribution in [0.25, 0.3) is 21.8 Å². The zero-order valence-electron chi connectivity index (χ0n) is 16.6. The standard InChI is InChI=1S/C24H22N6/c1-3-7-23-19(5-1)9-11-21(27-23)17-25-29-13-15-30(16-14-29)26-18-22-12-10-20-6-2-4-8-24(20)28-22/h1-12,17-18H,13-16H2/b25-17-,26-18+. The van der Waals surface area contributed by atoms with Crippen LogP contribution in [0.5, 0.6) is 0 Å². The average Bonchev–Trinajstić information content (AvgIpc) is 2.82. The fourth-order valence-electron chi connectivity index (χ4n) is 3.51. The lowest BCUT2D eigenvalue weighted by Crippen LogP contribution is -2.41. The third-order valence-corrected chi connectivity index (χ3v) is 5.18. The van der Waals surface area contributed by atoms with Crippen molar-refractivity contribution in [3.8, 4) is 0 Å². The fraction of sp³-hybridized carbons (Fsp3) is 0.167. The van der Waals surface area contributed by atoms with E-state index in [-0.39, 0.29) is 0 Å². The molecule has 4 aromatic rings. The van der Waals surface area contributed by atoms with Crippen LogP contribution in [0.15, 0.2) is 83.0 Å². The summed E-state index contributed by atoms with van der Waals surface area (Å²) in [5.74, 6) is 0. The number of nitrogens with zero attached hydrogens (tertiary/aromatic N) is 6. The van der Waals surface area contributed by atoms with Gasteiger partial charge in [0, 0.05) is 10.8 Å². The second kappa shape index (κ2) is 8.29. The molecule has 148 valence electrons.